The minimum atomic E-state index is 0.756. The number of para-hydroxylation sites is 2. The number of imidazole rings is 1. The van der Waals surface area contributed by atoms with Crippen molar-refractivity contribution in [2.75, 3.05) is 5.32 Å². The van der Waals surface area contributed by atoms with Gasteiger partial charge in [-0.1, -0.05) is 19.1 Å². The highest BCUT2D eigenvalue weighted by molar-refractivity contribution is 5.60. The number of aryl methyl sites for hydroxylation is 1. The minimum Gasteiger partial charge on any atom is -0.378 e. The summed E-state index contributed by atoms with van der Waals surface area (Å²) in [6.45, 7) is 3.87. The molecule has 2 heterocycles. The van der Waals surface area contributed by atoms with Gasteiger partial charge in [-0.05, 0) is 24.6 Å². The van der Waals surface area contributed by atoms with E-state index in [0.717, 1.165) is 30.9 Å². The third-order valence-corrected chi connectivity index (χ3v) is 3.39. The van der Waals surface area contributed by atoms with Gasteiger partial charge in [0.05, 0.1) is 29.9 Å². The Morgan fingerprint density at radius 3 is 2.86 bits per heavy atom. The highest BCUT2D eigenvalue weighted by Crippen LogP contribution is 2.20. The SMILES string of the molecule is CCCn1nccc1CNc1ccccc1-n1ccnc1. The molecular weight excluding hydrogens is 262 g/mol. The van der Waals surface area contributed by atoms with Crippen molar-refractivity contribution in [3.05, 3.63) is 60.9 Å². The Kier molecular flexibility index (Phi) is 4.00. The molecule has 0 aliphatic heterocycles. The lowest BCUT2D eigenvalue weighted by molar-refractivity contribution is 0.578. The lowest BCUT2D eigenvalue weighted by Gasteiger charge is -2.13. The fourth-order valence-corrected chi connectivity index (χ4v) is 2.36. The Hall–Kier alpha value is -2.56. The Morgan fingerprint density at radius 1 is 1.14 bits per heavy atom. The first-order chi connectivity index (χ1) is 10.4. The summed E-state index contributed by atoms with van der Waals surface area (Å²) in [7, 11) is 0. The molecule has 5 heteroatoms. The first-order valence-electron chi connectivity index (χ1n) is 7.20. The van der Waals surface area contributed by atoms with Crippen LogP contribution in [0.3, 0.4) is 0 Å². The van der Waals surface area contributed by atoms with E-state index in [9.17, 15) is 0 Å². The van der Waals surface area contributed by atoms with Gasteiger partial charge in [0, 0.05) is 25.1 Å². The Labute approximate surface area is 124 Å². The molecule has 0 spiro atoms. The number of benzene rings is 1. The molecule has 1 aromatic carbocycles. The second-order valence-electron chi connectivity index (χ2n) is 4.89. The van der Waals surface area contributed by atoms with Crippen molar-refractivity contribution in [3.8, 4) is 5.69 Å². The number of aromatic nitrogens is 4. The molecule has 2 aromatic heterocycles. The van der Waals surface area contributed by atoms with Crippen LogP contribution in [0.1, 0.15) is 19.0 Å². The summed E-state index contributed by atoms with van der Waals surface area (Å²) < 4.78 is 4.05. The highest BCUT2D eigenvalue weighted by atomic mass is 15.3. The normalized spacial score (nSPS) is 10.7. The first kappa shape index (κ1) is 13.4. The smallest absolute Gasteiger partial charge is 0.0992 e. The number of nitrogens with one attached hydrogen (secondary N) is 1. The molecule has 0 radical (unpaired) electrons. The van der Waals surface area contributed by atoms with E-state index in [0.29, 0.717) is 0 Å². The number of rotatable bonds is 6. The zero-order valence-corrected chi connectivity index (χ0v) is 12.1. The molecule has 0 aliphatic carbocycles. The van der Waals surface area contributed by atoms with E-state index in [1.165, 1.54) is 5.69 Å². The summed E-state index contributed by atoms with van der Waals surface area (Å²) in [6.07, 6.45) is 8.48. The summed E-state index contributed by atoms with van der Waals surface area (Å²) >= 11 is 0. The van der Waals surface area contributed by atoms with E-state index in [4.69, 9.17) is 0 Å². The van der Waals surface area contributed by atoms with Crippen LogP contribution in [0.25, 0.3) is 5.69 Å². The number of nitrogens with zero attached hydrogens (tertiary/aromatic N) is 4. The lowest BCUT2D eigenvalue weighted by Crippen LogP contribution is -2.10. The van der Waals surface area contributed by atoms with E-state index in [2.05, 4.69) is 40.5 Å². The molecule has 0 unspecified atom stereocenters. The molecule has 1 N–H and O–H groups in total. The van der Waals surface area contributed by atoms with Crippen LogP contribution < -0.4 is 5.32 Å². The molecule has 3 aromatic rings. The van der Waals surface area contributed by atoms with Crippen molar-refractivity contribution in [1.82, 2.24) is 19.3 Å². The van der Waals surface area contributed by atoms with Crippen molar-refractivity contribution in [2.45, 2.75) is 26.4 Å². The third kappa shape index (κ3) is 2.97. The third-order valence-electron chi connectivity index (χ3n) is 3.39. The molecule has 108 valence electrons. The van der Waals surface area contributed by atoms with Crippen LogP contribution in [0.5, 0.6) is 0 Å². The van der Waals surface area contributed by atoms with Crippen molar-refractivity contribution < 1.29 is 0 Å². The van der Waals surface area contributed by atoms with Crippen LogP contribution in [0.15, 0.2) is 55.2 Å². The topological polar surface area (TPSA) is 47.7 Å². The van der Waals surface area contributed by atoms with Crippen LogP contribution in [-0.4, -0.2) is 19.3 Å². The van der Waals surface area contributed by atoms with Gasteiger partial charge in [-0.15, -0.1) is 0 Å². The molecule has 0 atom stereocenters. The molecular formula is C16H19N5. The second-order valence-corrected chi connectivity index (χ2v) is 4.89. The van der Waals surface area contributed by atoms with Gasteiger partial charge in [0.1, 0.15) is 0 Å². The summed E-state index contributed by atoms with van der Waals surface area (Å²) in [5.41, 5.74) is 3.37. The molecule has 0 amide bonds. The summed E-state index contributed by atoms with van der Waals surface area (Å²) in [4.78, 5) is 4.11. The van der Waals surface area contributed by atoms with Gasteiger partial charge in [-0.25, -0.2) is 4.98 Å². The van der Waals surface area contributed by atoms with Gasteiger partial charge < -0.3 is 9.88 Å². The molecule has 0 bridgehead atoms. The highest BCUT2D eigenvalue weighted by Gasteiger charge is 2.05. The standard InChI is InChI=1S/C16H19N5/c1-2-10-21-14(7-8-19-21)12-18-15-5-3-4-6-16(15)20-11-9-17-13-20/h3-9,11,13,18H,2,10,12H2,1H3. The van der Waals surface area contributed by atoms with Crippen LogP contribution in [-0.2, 0) is 13.1 Å². The molecule has 0 saturated carbocycles. The number of anilines is 1. The lowest BCUT2D eigenvalue weighted by atomic mass is 10.2. The molecule has 5 nitrogen and oxygen atoms in total. The van der Waals surface area contributed by atoms with E-state index < -0.39 is 0 Å². The van der Waals surface area contributed by atoms with Gasteiger partial charge in [0.15, 0.2) is 0 Å². The van der Waals surface area contributed by atoms with Crippen molar-refractivity contribution in [2.24, 2.45) is 0 Å². The maximum Gasteiger partial charge on any atom is 0.0992 e. The summed E-state index contributed by atoms with van der Waals surface area (Å²) in [5.74, 6) is 0. The second kappa shape index (κ2) is 6.26. The fraction of sp³-hybridized carbons (Fsp3) is 0.250. The fourth-order valence-electron chi connectivity index (χ4n) is 2.36. The summed E-state index contributed by atoms with van der Waals surface area (Å²) in [6, 6.07) is 10.3. The van der Waals surface area contributed by atoms with Gasteiger partial charge in [-0.3, -0.25) is 4.68 Å². The van der Waals surface area contributed by atoms with Crippen LogP contribution >= 0.6 is 0 Å². The van der Waals surface area contributed by atoms with Gasteiger partial charge in [-0.2, -0.15) is 5.10 Å². The van der Waals surface area contributed by atoms with E-state index in [1.807, 2.05) is 40.1 Å². The quantitative estimate of drug-likeness (QED) is 0.755. The predicted octanol–water partition coefficient (Wildman–Crippen LogP) is 3.09. The van der Waals surface area contributed by atoms with Crippen molar-refractivity contribution in [1.29, 1.82) is 0 Å². The van der Waals surface area contributed by atoms with Crippen molar-refractivity contribution in [3.63, 3.8) is 0 Å². The molecule has 0 fully saturated rings. The zero-order valence-electron chi connectivity index (χ0n) is 12.1. The first-order valence-corrected chi connectivity index (χ1v) is 7.20. The molecule has 21 heavy (non-hydrogen) atoms. The summed E-state index contributed by atoms with van der Waals surface area (Å²) in [5, 5.41) is 7.85. The number of hydrogen-bond donors (Lipinski definition) is 1. The van der Waals surface area contributed by atoms with Crippen LogP contribution in [0, 0.1) is 0 Å². The van der Waals surface area contributed by atoms with E-state index in [-0.39, 0.29) is 0 Å². The van der Waals surface area contributed by atoms with Gasteiger partial charge in [0.25, 0.3) is 0 Å². The van der Waals surface area contributed by atoms with Gasteiger partial charge in [0.2, 0.25) is 0 Å². The van der Waals surface area contributed by atoms with E-state index in [1.54, 1.807) is 6.20 Å². The average molecular weight is 281 g/mol. The maximum atomic E-state index is 4.35. The maximum absolute atomic E-state index is 4.35. The molecule has 0 saturated heterocycles. The van der Waals surface area contributed by atoms with Crippen LogP contribution in [0.2, 0.25) is 0 Å². The Bertz CT molecular complexity index is 684. The largest absolute Gasteiger partial charge is 0.378 e. The van der Waals surface area contributed by atoms with Gasteiger partial charge >= 0.3 is 0 Å². The minimum absolute atomic E-state index is 0.756. The van der Waals surface area contributed by atoms with Crippen LogP contribution in [0.4, 0.5) is 5.69 Å². The monoisotopic (exact) mass is 281 g/mol. The number of hydrogen-bond acceptors (Lipinski definition) is 3. The Morgan fingerprint density at radius 2 is 2.05 bits per heavy atom. The predicted molar refractivity (Wildman–Crippen MR) is 83.4 cm³/mol. The zero-order chi connectivity index (χ0) is 14.5. The van der Waals surface area contributed by atoms with E-state index >= 15 is 0 Å². The van der Waals surface area contributed by atoms with Crippen molar-refractivity contribution >= 4 is 5.69 Å². The molecule has 3 rings (SSSR count). The Balaban J connectivity index is 1.78. The molecule has 0 aliphatic rings. The average Bonchev–Trinajstić information content (AvgIpc) is 3.17.